The largest absolute Gasteiger partial charge is 0.478 e. The van der Waals surface area contributed by atoms with Gasteiger partial charge in [0.25, 0.3) is 0 Å². The van der Waals surface area contributed by atoms with Gasteiger partial charge in [-0.25, -0.2) is 4.79 Å². The maximum Gasteiger partial charge on any atom is 0.337 e. The van der Waals surface area contributed by atoms with E-state index in [0.717, 1.165) is 23.4 Å². The van der Waals surface area contributed by atoms with Crippen LogP contribution in [0.1, 0.15) is 28.4 Å². The third kappa shape index (κ3) is 2.74. The fraction of sp³-hybridized carbons (Fsp3) is 0.188. The third-order valence-corrected chi connectivity index (χ3v) is 3.29. The van der Waals surface area contributed by atoms with Crippen LogP contribution in [0.15, 0.2) is 36.4 Å². The van der Waals surface area contributed by atoms with Crippen LogP contribution in [0.25, 0.3) is 0 Å². The Morgan fingerprint density at radius 1 is 1.30 bits per heavy atom. The minimum Gasteiger partial charge on any atom is -0.478 e. The quantitative estimate of drug-likeness (QED) is 0.742. The predicted molar refractivity (Wildman–Crippen MR) is 81.7 cm³/mol. The molecule has 0 spiro atoms. The first-order valence-corrected chi connectivity index (χ1v) is 6.51. The molecular weight excluding hydrogens is 252 g/mol. The molecule has 0 atom stereocenters. The lowest BCUT2D eigenvalue weighted by molar-refractivity contribution is 0.0698. The zero-order chi connectivity index (χ0) is 14.7. The summed E-state index contributed by atoms with van der Waals surface area (Å²) in [5, 5.41) is 12.3. The zero-order valence-electron chi connectivity index (χ0n) is 11.6. The van der Waals surface area contributed by atoms with Crippen LogP contribution in [-0.4, -0.2) is 11.1 Å². The van der Waals surface area contributed by atoms with Crippen molar-refractivity contribution in [1.82, 2.24) is 0 Å². The first-order valence-electron chi connectivity index (χ1n) is 6.51. The van der Waals surface area contributed by atoms with Gasteiger partial charge in [-0.05, 0) is 42.7 Å². The lowest BCUT2D eigenvalue weighted by Crippen LogP contribution is -2.04. The minimum absolute atomic E-state index is 0.121. The number of carbonyl (C=O) groups is 1. The Bertz CT molecular complexity index is 651. The van der Waals surface area contributed by atoms with Crippen LogP contribution in [0, 0.1) is 6.92 Å². The van der Waals surface area contributed by atoms with Gasteiger partial charge in [0, 0.05) is 17.1 Å². The number of para-hydroxylation sites is 1. The average molecular weight is 270 g/mol. The molecule has 2 aromatic rings. The molecule has 0 aliphatic rings. The molecule has 4 nitrogen and oxygen atoms in total. The SMILES string of the molecule is CCc1cccc(C)c1Nc1ccc(C(=O)O)c(N)c1. The highest BCUT2D eigenvalue weighted by atomic mass is 16.4. The molecule has 0 saturated carbocycles. The second-order valence-electron chi connectivity index (χ2n) is 4.69. The lowest BCUT2D eigenvalue weighted by Gasteiger charge is -2.15. The van der Waals surface area contributed by atoms with Gasteiger partial charge < -0.3 is 16.2 Å². The number of carboxylic acids is 1. The highest BCUT2D eigenvalue weighted by molar-refractivity contribution is 5.94. The van der Waals surface area contributed by atoms with E-state index in [1.165, 1.54) is 11.6 Å². The van der Waals surface area contributed by atoms with Crippen molar-refractivity contribution < 1.29 is 9.90 Å². The molecular formula is C16H18N2O2. The van der Waals surface area contributed by atoms with Gasteiger partial charge in [0.1, 0.15) is 0 Å². The van der Waals surface area contributed by atoms with E-state index in [2.05, 4.69) is 18.3 Å². The summed E-state index contributed by atoms with van der Waals surface area (Å²) in [6.45, 7) is 4.14. The molecule has 4 N–H and O–H groups in total. The Morgan fingerprint density at radius 2 is 2.05 bits per heavy atom. The summed E-state index contributed by atoms with van der Waals surface area (Å²) < 4.78 is 0. The Kier molecular flexibility index (Phi) is 3.94. The molecule has 0 aromatic heterocycles. The summed E-state index contributed by atoms with van der Waals surface area (Å²) in [5.41, 5.74) is 10.3. The van der Waals surface area contributed by atoms with Gasteiger partial charge in [-0.2, -0.15) is 0 Å². The van der Waals surface area contributed by atoms with Crippen molar-refractivity contribution in [3.8, 4) is 0 Å². The van der Waals surface area contributed by atoms with Crippen LogP contribution in [0.2, 0.25) is 0 Å². The van der Waals surface area contributed by atoms with Crippen molar-refractivity contribution in [3.05, 3.63) is 53.1 Å². The number of nitrogens with two attached hydrogens (primary N) is 1. The smallest absolute Gasteiger partial charge is 0.337 e. The van der Waals surface area contributed by atoms with Crippen LogP contribution in [0.4, 0.5) is 17.1 Å². The highest BCUT2D eigenvalue weighted by Gasteiger charge is 2.09. The van der Waals surface area contributed by atoms with Crippen molar-refractivity contribution in [1.29, 1.82) is 0 Å². The molecule has 0 amide bonds. The van der Waals surface area contributed by atoms with E-state index in [0.29, 0.717) is 0 Å². The molecule has 2 aromatic carbocycles. The standard InChI is InChI=1S/C16H18N2O2/c1-3-11-6-4-5-10(2)15(11)18-12-7-8-13(16(19)20)14(17)9-12/h4-9,18H,3,17H2,1-2H3,(H,19,20). The van der Waals surface area contributed by atoms with Crippen molar-refractivity contribution in [2.75, 3.05) is 11.1 Å². The van der Waals surface area contributed by atoms with Crippen molar-refractivity contribution >= 4 is 23.0 Å². The van der Waals surface area contributed by atoms with Gasteiger partial charge in [0.05, 0.1) is 5.56 Å². The first kappa shape index (κ1) is 13.9. The van der Waals surface area contributed by atoms with E-state index in [9.17, 15) is 4.79 Å². The van der Waals surface area contributed by atoms with Gasteiger partial charge >= 0.3 is 5.97 Å². The summed E-state index contributed by atoms with van der Waals surface area (Å²) in [7, 11) is 0. The van der Waals surface area contributed by atoms with Crippen LogP contribution in [-0.2, 0) is 6.42 Å². The average Bonchev–Trinajstić information content (AvgIpc) is 2.40. The Hall–Kier alpha value is -2.49. The molecule has 20 heavy (non-hydrogen) atoms. The predicted octanol–water partition coefficient (Wildman–Crippen LogP) is 3.58. The van der Waals surface area contributed by atoms with Crippen molar-refractivity contribution in [2.45, 2.75) is 20.3 Å². The van der Waals surface area contributed by atoms with Crippen LogP contribution in [0.5, 0.6) is 0 Å². The first-order chi connectivity index (χ1) is 9.52. The van der Waals surface area contributed by atoms with Gasteiger partial charge in [-0.1, -0.05) is 25.1 Å². The van der Waals surface area contributed by atoms with Crippen molar-refractivity contribution in [2.24, 2.45) is 0 Å². The molecule has 0 saturated heterocycles. The number of aryl methyl sites for hydroxylation is 2. The molecule has 4 heteroatoms. The number of rotatable bonds is 4. The summed E-state index contributed by atoms with van der Waals surface area (Å²) in [5.74, 6) is -1.01. The van der Waals surface area contributed by atoms with Gasteiger partial charge in [-0.15, -0.1) is 0 Å². The number of anilines is 3. The Balaban J connectivity index is 2.36. The molecule has 0 fully saturated rings. The second kappa shape index (κ2) is 5.65. The topological polar surface area (TPSA) is 75.3 Å². The maximum absolute atomic E-state index is 10.9. The Morgan fingerprint density at radius 3 is 2.65 bits per heavy atom. The van der Waals surface area contributed by atoms with Crippen LogP contribution in [0.3, 0.4) is 0 Å². The summed E-state index contributed by atoms with van der Waals surface area (Å²) >= 11 is 0. The molecule has 0 unspecified atom stereocenters. The number of benzene rings is 2. The zero-order valence-corrected chi connectivity index (χ0v) is 11.6. The lowest BCUT2D eigenvalue weighted by atomic mass is 10.1. The summed E-state index contributed by atoms with van der Waals surface area (Å²) in [6, 6.07) is 11.0. The maximum atomic E-state index is 10.9. The Labute approximate surface area is 118 Å². The van der Waals surface area contributed by atoms with Gasteiger partial charge in [0.15, 0.2) is 0 Å². The molecule has 0 aliphatic heterocycles. The fourth-order valence-corrected chi connectivity index (χ4v) is 2.18. The van der Waals surface area contributed by atoms with Crippen molar-refractivity contribution in [3.63, 3.8) is 0 Å². The van der Waals surface area contributed by atoms with E-state index < -0.39 is 5.97 Å². The van der Waals surface area contributed by atoms with Crippen LogP contribution < -0.4 is 11.1 Å². The molecule has 0 radical (unpaired) electrons. The summed E-state index contributed by atoms with van der Waals surface area (Å²) in [6.07, 6.45) is 0.923. The van der Waals surface area contributed by atoms with E-state index >= 15 is 0 Å². The summed E-state index contributed by atoms with van der Waals surface area (Å²) in [4.78, 5) is 10.9. The number of nitrogens with one attached hydrogen (secondary N) is 1. The van der Waals surface area contributed by atoms with Gasteiger partial charge in [0.2, 0.25) is 0 Å². The number of nitrogen functional groups attached to an aromatic ring is 1. The highest BCUT2D eigenvalue weighted by Crippen LogP contribution is 2.27. The second-order valence-corrected chi connectivity index (χ2v) is 4.69. The molecule has 0 bridgehead atoms. The molecule has 104 valence electrons. The molecule has 0 heterocycles. The number of carboxylic acid groups (broad SMARTS) is 1. The molecule has 2 rings (SSSR count). The monoisotopic (exact) mass is 270 g/mol. The number of aromatic carboxylic acids is 1. The minimum atomic E-state index is -1.01. The fourth-order valence-electron chi connectivity index (χ4n) is 2.18. The number of hydrogen-bond acceptors (Lipinski definition) is 3. The van der Waals surface area contributed by atoms with E-state index in [1.54, 1.807) is 12.1 Å². The van der Waals surface area contributed by atoms with Crippen LogP contribution >= 0.6 is 0 Å². The number of hydrogen-bond donors (Lipinski definition) is 3. The van der Waals surface area contributed by atoms with E-state index in [1.807, 2.05) is 19.1 Å². The third-order valence-electron chi connectivity index (χ3n) is 3.29. The molecule has 0 aliphatic carbocycles. The van der Waals surface area contributed by atoms with E-state index in [4.69, 9.17) is 10.8 Å². The van der Waals surface area contributed by atoms with E-state index in [-0.39, 0.29) is 11.3 Å². The normalized spacial score (nSPS) is 10.3. The van der Waals surface area contributed by atoms with Gasteiger partial charge in [-0.3, -0.25) is 0 Å².